The van der Waals surface area contributed by atoms with Crippen LogP contribution in [0, 0.1) is 19.9 Å². The van der Waals surface area contributed by atoms with E-state index in [2.05, 4.69) is 73.1 Å². The Balaban J connectivity index is 0.00000169. The minimum absolute atomic E-state index is 0. The monoisotopic (exact) mass is 490 g/mol. The van der Waals surface area contributed by atoms with Gasteiger partial charge >= 0.3 is 0 Å². The third-order valence-corrected chi connectivity index (χ3v) is 4.20. The van der Waals surface area contributed by atoms with Gasteiger partial charge in [0.1, 0.15) is 0 Å². The Morgan fingerprint density at radius 2 is 1.54 bits per heavy atom. The van der Waals surface area contributed by atoms with Crippen LogP contribution in [0.4, 0.5) is 0 Å². The van der Waals surface area contributed by atoms with E-state index in [-0.39, 0.29) is 20.1 Å². The molecule has 4 aromatic rings. The quantitative estimate of drug-likeness (QED) is 0.358. The molecular weight excluding hydrogens is 472 g/mol. The van der Waals surface area contributed by atoms with E-state index in [0.29, 0.717) is 0 Å². The molecule has 0 aliphatic heterocycles. The smallest absolute Gasteiger partial charge is 0.0702 e. The summed E-state index contributed by atoms with van der Waals surface area (Å²) in [6.45, 7) is 4.26. The zero-order chi connectivity index (χ0) is 15.8. The minimum Gasteiger partial charge on any atom is -0.242 e. The average Bonchev–Trinajstić information content (AvgIpc) is 2.95. The number of fused-ring (bicyclic) bond motifs is 1. The van der Waals surface area contributed by atoms with Crippen LogP contribution in [0.2, 0.25) is 0 Å². The van der Waals surface area contributed by atoms with Gasteiger partial charge in [0, 0.05) is 25.8 Å². The maximum absolute atomic E-state index is 4.94. The van der Waals surface area contributed by atoms with Crippen LogP contribution in [0.5, 0.6) is 0 Å². The maximum Gasteiger partial charge on any atom is 0.0702 e. The predicted molar refractivity (Wildman–Crippen MR) is 94.8 cm³/mol. The summed E-state index contributed by atoms with van der Waals surface area (Å²) >= 11 is 0. The molecule has 121 valence electrons. The molecule has 3 heteroatoms. The fourth-order valence-electron chi connectivity index (χ4n) is 3.12. The second-order valence-corrected chi connectivity index (χ2v) is 5.79. The standard InChI is InChI=1S/C21H17N2.Ir/c1-15-9-8-10-16(2)21(15)23-19-14-7-6-13-18(19)20(22-23)17-11-4-3-5-12-17;/h3-11,13-14H,1-2H3;/q-1;. The van der Waals surface area contributed by atoms with Gasteiger partial charge in [-0.3, -0.25) is 0 Å². The van der Waals surface area contributed by atoms with E-state index >= 15 is 0 Å². The first kappa shape index (κ1) is 16.6. The van der Waals surface area contributed by atoms with Gasteiger partial charge in [-0.1, -0.05) is 36.4 Å². The molecule has 0 atom stereocenters. The van der Waals surface area contributed by atoms with Crippen LogP contribution in [0.15, 0.2) is 66.7 Å². The molecule has 1 radical (unpaired) electrons. The molecule has 0 unspecified atom stereocenters. The Bertz CT molecular complexity index is 967. The predicted octanol–water partition coefficient (Wildman–Crippen LogP) is 5.11. The number of hydrogen-bond donors (Lipinski definition) is 0. The fourth-order valence-corrected chi connectivity index (χ4v) is 3.12. The summed E-state index contributed by atoms with van der Waals surface area (Å²) in [6, 6.07) is 26.0. The van der Waals surface area contributed by atoms with Crippen LogP contribution in [-0.4, -0.2) is 9.78 Å². The first-order valence-electron chi connectivity index (χ1n) is 7.77. The fraction of sp³-hybridized carbons (Fsp3) is 0.0952. The van der Waals surface area contributed by atoms with Gasteiger partial charge in [-0.05, 0) is 36.4 Å². The molecule has 0 saturated heterocycles. The Labute approximate surface area is 155 Å². The Kier molecular flexibility index (Phi) is 4.66. The van der Waals surface area contributed by atoms with Gasteiger partial charge in [-0.2, -0.15) is 0 Å². The first-order chi connectivity index (χ1) is 11.3. The van der Waals surface area contributed by atoms with Gasteiger partial charge in [0.25, 0.3) is 0 Å². The molecule has 0 fully saturated rings. The van der Waals surface area contributed by atoms with Crippen molar-refractivity contribution in [2.45, 2.75) is 13.8 Å². The summed E-state index contributed by atoms with van der Waals surface area (Å²) in [5.74, 6) is 0. The van der Waals surface area contributed by atoms with Crippen LogP contribution in [-0.2, 0) is 20.1 Å². The Morgan fingerprint density at radius 1 is 0.833 bits per heavy atom. The Hall–Kier alpha value is -2.22. The summed E-state index contributed by atoms with van der Waals surface area (Å²) in [4.78, 5) is 0. The van der Waals surface area contributed by atoms with Crippen LogP contribution in [0.25, 0.3) is 27.8 Å². The van der Waals surface area contributed by atoms with Crippen molar-refractivity contribution in [3.05, 3.63) is 83.9 Å². The molecule has 4 rings (SSSR count). The molecule has 0 bridgehead atoms. The van der Waals surface area contributed by atoms with Crippen LogP contribution in [0.1, 0.15) is 11.1 Å². The topological polar surface area (TPSA) is 17.8 Å². The van der Waals surface area contributed by atoms with Crippen LogP contribution >= 0.6 is 0 Å². The molecule has 0 aliphatic rings. The number of nitrogens with zero attached hydrogens (tertiary/aromatic N) is 2. The first-order valence-corrected chi connectivity index (χ1v) is 7.77. The summed E-state index contributed by atoms with van der Waals surface area (Å²) in [5, 5.41) is 6.09. The van der Waals surface area contributed by atoms with Crippen molar-refractivity contribution >= 4 is 10.9 Å². The number of rotatable bonds is 2. The van der Waals surface area contributed by atoms with E-state index < -0.39 is 0 Å². The van der Waals surface area contributed by atoms with Crippen molar-refractivity contribution in [3.63, 3.8) is 0 Å². The largest absolute Gasteiger partial charge is 0.242 e. The normalized spacial score (nSPS) is 10.6. The number of aryl methyl sites for hydroxylation is 2. The molecule has 3 aromatic carbocycles. The zero-order valence-electron chi connectivity index (χ0n) is 13.6. The molecule has 0 amide bonds. The van der Waals surface area contributed by atoms with E-state index in [9.17, 15) is 0 Å². The molecule has 0 N–H and O–H groups in total. The molecule has 0 spiro atoms. The third-order valence-electron chi connectivity index (χ3n) is 4.20. The van der Waals surface area contributed by atoms with Gasteiger partial charge in [0.15, 0.2) is 0 Å². The van der Waals surface area contributed by atoms with Crippen molar-refractivity contribution in [1.82, 2.24) is 9.78 Å². The molecule has 2 nitrogen and oxygen atoms in total. The van der Waals surface area contributed by atoms with E-state index in [4.69, 9.17) is 5.10 Å². The molecular formula is C21H17IrN2-. The van der Waals surface area contributed by atoms with E-state index in [0.717, 1.165) is 27.8 Å². The van der Waals surface area contributed by atoms with Gasteiger partial charge in [-0.15, -0.1) is 35.9 Å². The van der Waals surface area contributed by atoms with E-state index in [1.807, 2.05) is 18.2 Å². The van der Waals surface area contributed by atoms with Crippen LogP contribution in [0.3, 0.4) is 0 Å². The van der Waals surface area contributed by atoms with E-state index in [1.165, 1.54) is 11.1 Å². The molecule has 1 aromatic heterocycles. The van der Waals surface area contributed by atoms with Gasteiger partial charge in [-0.25, -0.2) is 9.78 Å². The summed E-state index contributed by atoms with van der Waals surface area (Å²) < 4.78 is 2.07. The van der Waals surface area contributed by atoms with Gasteiger partial charge in [0.05, 0.1) is 11.2 Å². The number of hydrogen-bond acceptors (Lipinski definition) is 1. The summed E-state index contributed by atoms with van der Waals surface area (Å²) in [5.41, 5.74) is 6.73. The van der Waals surface area contributed by atoms with Gasteiger partial charge < -0.3 is 0 Å². The molecule has 24 heavy (non-hydrogen) atoms. The summed E-state index contributed by atoms with van der Waals surface area (Å²) in [6.07, 6.45) is 0. The van der Waals surface area contributed by atoms with Crippen molar-refractivity contribution < 1.29 is 20.1 Å². The average molecular weight is 490 g/mol. The molecule has 0 aliphatic carbocycles. The molecule has 1 heterocycles. The van der Waals surface area contributed by atoms with E-state index in [1.54, 1.807) is 0 Å². The van der Waals surface area contributed by atoms with Crippen molar-refractivity contribution in [2.75, 3.05) is 0 Å². The third kappa shape index (κ3) is 2.71. The SMILES string of the molecule is Cc1cccc(C)c1-n1nc(-c2[c-]cccc2)c2ccccc21.[Ir]. The van der Waals surface area contributed by atoms with Crippen LogP contribution < -0.4 is 0 Å². The number of para-hydroxylation sites is 2. The molecule has 0 saturated carbocycles. The van der Waals surface area contributed by atoms with Crippen molar-refractivity contribution in [2.24, 2.45) is 0 Å². The van der Waals surface area contributed by atoms with Gasteiger partial charge in [0.2, 0.25) is 0 Å². The second-order valence-electron chi connectivity index (χ2n) is 5.79. The maximum atomic E-state index is 4.94. The number of aromatic nitrogens is 2. The number of benzene rings is 3. The summed E-state index contributed by atoms with van der Waals surface area (Å²) in [7, 11) is 0. The minimum atomic E-state index is 0. The van der Waals surface area contributed by atoms with Crippen molar-refractivity contribution in [3.8, 4) is 16.9 Å². The zero-order valence-corrected chi connectivity index (χ0v) is 16.0. The van der Waals surface area contributed by atoms with Crippen molar-refractivity contribution in [1.29, 1.82) is 0 Å². The second kappa shape index (κ2) is 6.72. The Morgan fingerprint density at radius 3 is 2.25 bits per heavy atom.